The molecule has 3 rings (SSSR count). The van der Waals surface area contributed by atoms with E-state index in [4.69, 9.17) is 4.74 Å². The molecule has 3 nitrogen and oxygen atoms in total. The molecular weight excluding hydrogens is 305 g/mol. The van der Waals surface area contributed by atoms with Crippen LogP contribution in [0.4, 0.5) is 4.39 Å². The number of carbonyl (C=O) groups excluding carboxylic acids is 1. The quantitative estimate of drug-likeness (QED) is 0.797. The summed E-state index contributed by atoms with van der Waals surface area (Å²) in [7, 11) is 1.37. The lowest BCUT2D eigenvalue weighted by molar-refractivity contribution is -0.145. The van der Waals surface area contributed by atoms with Crippen LogP contribution in [0.5, 0.6) is 0 Å². The molecule has 1 aromatic carbocycles. The number of benzene rings is 1. The molecule has 0 aliphatic heterocycles. The van der Waals surface area contributed by atoms with E-state index in [1.807, 2.05) is 25.1 Å². The van der Waals surface area contributed by atoms with Crippen LogP contribution in [0.2, 0.25) is 0 Å². The lowest BCUT2D eigenvalue weighted by atomic mass is 9.77. The molecule has 1 aliphatic carbocycles. The highest BCUT2D eigenvalue weighted by Gasteiger charge is 2.44. The summed E-state index contributed by atoms with van der Waals surface area (Å²) in [5, 5.41) is 0. The van der Waals surface area contributed by atoms with Crippen molar-refractivity contribution in [1.29, 1.82) is 0 Å². The molecule has 0 saturated carbocycles. The molecule has 0 N–H and O–H groups in total. The molecule has 0 bridgehead atoms. The molecule has 0 radical (unpaired) electrons. The minimum atomic E-state index is -0.944. The maximum Gasteiger partial charge on any atom is 0.320 e. The summed E-state index contributed by atoms with van der Waals surface area (Å²) in [6, 6.07) is 6.91. The average Bonchev–Trinajstić information content (AvgIpc) is 3.03. The molecule has 4 heteroatoms. The number of nitrogens with zero attached hydrogens (tertiary/aromatic N) is 1. The number of pyridine rings is 1. The molecule has 124 valence electrons. The lowest BCUT2D eigenvalue weighted by Gasteiger charge is -2.26. The third-order valence-corrected chi connectivity index (χ3v) is 4.75. The Morgan fingerprint density at radius 3 is 2.79 bits per heavy atom. The molecular formula is C20H20FNO2. The number of ether oxygens (including phenoxy) is 1. The smallest absolute Gasteiger partial charge is 0.320 e. The Hall–Kier alpha value is -2.49. The standard InChI is InChI=1S/C20H20FNO2/c1-13-9-16(12-22-11-13)15-7-8-20(10-15,19(23)24-3)17-5-4-6-18(21)14(17)2/h4-6,9-12H,7-8H2,1-3H3/t20-/m0/s1. The predicted octanol–water partition coefficient (Wildman–Crippen LogP) is 4.13. The minimum absolute atomic E-state index is 0.310. The van der Waals surface area contributed by atoms with Crippen LogP contribution in [-0.2, 0) is 14.9 Å². The van der Waals surface area contributed by atoms with E-state index in [1.165, 1.54) is 13.2 Å². The van der Waals surface area contributed by atoms with E-state index in [-0.39, 0.29) is 11.8 Å². The van der Waals surface area contributed by atoms with Crippen LogP contribution in [-0.4, -0.2) is 18.1 Å². The van der Waals surface area contributed by atoms with Crippen molar-refractivity contribution in [2.24, 2.45) is 0 Å². The second-order valence-electron chi connectivity index (χ2n) is 6.30. The van der Waals surface area contributed by atoms with Gasteiger partial charge in [-0.15, -0.1) is 0 Å². The fraction of sp³-hybridized carbons (Fsp3) is 0.300. The van der Waals surface area contributed by atoms with E-state index >= 15 is 0 Å². The van der Waals surface area contributed by atoms with Crippen molar-refractivity contribution in [3.63, 3.8) is 0 Å². The van der Waals surface area contributed by atoms with Crippen LogP contribution in [0.3, 0.4) is 0 Å². The number of carbonyl (C=O) groups is 1. The maximum atomic E-state index is 14.1. The summed E-state index contributed by atoms with van der Waals surface area (Å²) in [6.45, 7) is 3.69. The number of rotatable bonds is 3. The number of methoxy groups -OCH3 is 1. The van der Waals surface area contributed by atoms with E-state index in [0.717, 1.165) is 23.1 Å². The number of aryl methyl sites for hydroxylation is 1. The van der Waals surface area contributed by atoms with Crippen LogP contribution in [0.1, 0.15) is 35.1 Å². The van der Waals surface area contributed by atoms with Gasteiger partial charge in [0.05, 0.1) is 7.11 Å². The first-order valence-corrected chi connectivity index (χ1v) is 7.96. The van der Waals surface area contributed by atoms with Gasteiger partial charge in [0.15, 0.2) is 0 Å². The number of allylic oxidation sites excluding steroid dienone is 1. The molecule has 1 heterocycles. The zero-order valence-electron chi connectivity index (χ0n) is 14.1. The number of hydrogen-bond acceptors (Lipinski definition) is 3. The zero-order valence-corrected chi connectivity index (χ0v) is 14.1. The SMILES string of the molecule is COC(=O)[C@]1(c2cccc(F)c2C)C=C(c2cncc(C)c2)CC1. The number of hydrogen-bond donors (Lipinski definition) is 0. The van der Waals surface area contributed by atoms with Gasteiger partial charge in [0.25, 0.3) is 0 Å². The number of halogens is 1. The van der Waals surface area contributed by atoms with Crippen molar-refractivity contribution in [1.82, 2.24) is 4.98 Å². The van der Waals surface area contributed by atoms with Crippen molar-refractivity contribution in [3.8, 4) is 0 Å². The molecule has 0 unspecified atom stereocenters. The fourth-order valence-electron chi connectivity index (χ4n) is 3.49. The zero-order chi connectivity index (χ0) is 17.3. The van der Waals surface area contributed by atoms with Gasteiger partial charge in [0, 0.05) is 12.4 Å². The average molecular weight is 325 g/mol. The van der Waals surface area contributed by atoms with Gasteiger partial charge < -0.3 is 4.74 Å². The summed E-state index contributed by atoms with van der Waals surface area (Å²) < 4.78 is 19.1. The Morgan fingerprint density at radius 2 is 2.08 bits per heavy atom. The normalized spacial score (nSPS) is 19.9. The molecule has 1 aromatic heterocycles. The minimum Gasteiger partial charge on any atom is -0.468 e. The van der Waals surface area contributed by atoms with Gasteiger partial charge in [-0.1, -0.05) is 18.2 Å². The molecule has 0 spiro atoms. The topological polar surface area (TPSA) is 39.2 Å². The van der Waals surface area contributed by atoms with Crippen LogP contribution in [0, 0.1) is 19.7 Å². The Kier molecular flexibility index (Phi) is 4.22. The summed E-state index contributed by atoms with van der Waals surface area (Å²) in [6.07, 6.45) is 6.80. The molecule has 0 fully saturated rings. The monoisotopic (exact) mass is 325 g/mol. The van der Waals surface area contributed by atoms with Crippen molar-refractivity contribution >= 4 is 11.5 Å². The molecule has 2 aromatic rings. The highest BCUT2D eigenvalue weighted by Crippen LogP contribution is 2.45. The molecule has 1 atom stereocenters. The Balaban J connectivity index is 2.15. The number of aromatic nitrogens is 1. The van der Waals surface area contributed by atoms with Crippen molar-refractivity contribution < 1.29 is 13.9 Å². The van der Waals surface area contributed by atoms with Crippen LogP contribution in [0.25, 0.3) is 5.57 Å². The van der Waals surface area contributed by atoms with Gasteiger partial charge >= 0.3 is 5.97 Å². The van der Waals surface area contributed by atoms with Crippen LogP contribution >= 0.6 is 0 Å². The fourth-order valence-corrected chi connectivity index (χ4v) is 3.49. The van der Waals surface area contributed by atoms with Gasteiger partial charge in [-0.05, 0) is 66.6 Å². The largest absolute Gasteiger partial charge is 0.468 e. The van der Waals surface area contributed by atoms with Crippen molar-refractivity contribution in [2.75, 3.05) is 7.11 Å². The summed E-state index contributed by atoms with van der Waals surface area (Å²) in [4.78, 5) is 16.9. The summed E-state index contributed by atoms with van der Waals surface area (Å²) in [5.74, 6) is -0.665. The van der Waals surface area contributed by atoms with Crippen molar-refractivity contribution in [3.05, 3.63) is 70.8 Å². The first-order chi connectivity index (χ1) is 11.5. The first kappa shape index (κ1) is 16.4. The molecule has 0 amide bonds. The predicted molar refractivity (Wildman–Crippen MR) is 91.0 cm³/mol. The molecule has 24 heavy (non-hydrogen) atoms. The van der Waals surface area contributed by atoms with Crippen LogP contribution in [0.15, 0.2) is 42.7 Å². The third kappa shape index (κ3) is 2.62. The van der Waals surface area contributed by atoms with Crippen LogP contribution < -0.4 is 0 Å². The molecule has 0 saturated heterocycles. The highest BCUT2D eigenvalue weighted by molar-refractivity contribution is 5.91. The van der Waals surface area contributed by atoms with Gasteiger partial charge in [0.2, 0.25) is 0 Å². The van der Waals surface area contributed by atoms with Gasteiger partial charge in [-0.25, -0.2) is 4.39 Å². The van der Waals surface area contributed by atoms with Gasteiger partial charge in [-0.3, -0.25) is 9.78 Å². The lowest BCUT2D eigenvalue weighted by Crippen LogP contribution is -2.34. The maximum absolute atomic E-state index is 14.1. The van der Waals surface area contributed by atoms with Crippen molar-refractivity contribution in [2.45, 2.75) is 32.1 Å². The number of esters is 1. The Labute approximate surface area is 141 Å². The first-order valence-electron chi connectivity index (χ1n) is 7.96. The summed E-state index contributed by atoms with van der Waals surface area (Å²) >= 11 is 0. The highest BCUT2D eigenvalue weighted by atomic mass is 19.1. The second kappa shape index (κ2) is 6.19. The molecule has 1 aliphatic rings. The van der Waals surface area contributed by atoms with E-state index in [1.54, 1.807) is 25.4 Å². The third-order valence-electron chi connectivity index (χ3n) is 4.75. The van der Waals surface area contributed by atoms with E-state index in [0.29, 0.717) is 17.5 Å². The van der Waals surface area contributed by atoms with E-state index in [2.05, 4.69) is 4.98 Å². The van der Waals surface area contributed by atoms with E-state index < -0.39 is 5.41 Å². The summed E-state index contributed by atoms with van der Waals surface area (Å²) in [5.41, 5.74) is 3.31. The van der Waals surface area contributed by atoms with Gasteiger partial charge in [-0.2, -0.15) is 0 Å². The second-order valence-corrected chi connectivity index (χ2v) is 6.30. The Morgan fingerprint density at radius 1 is 1.29 bits per heavy atom. The van der Waals surface area contributed by atoms with Gasteiger partial charge in [0.1, 0.15) is 11.2 Å². The van der Waals surface area contributed by atoms with E-state index in [9.17, 15) is 9.18 Å². The Bertz CT molecular complexity index is 828.